The van der Waals surface area contributed by atoms with Crippen LogP contribution in [0, 0.1) is 0 Å². The van der Waals surface area contributed by atoms with Gasteiger partial charge in [-0.2, -0.15) is 0 Å². The Bertz CT molecular complexity index is 664. The number of carbonyl (C=O) groups excluding carboxylic acids is 1. The maximum atomic E-state index is 11.7. The van der Waals surface area contributed by atoms with Crippen LogP contribution in [0.1, 0.15) is 19.8 Å². The van der Waals surface area contributed by atoms with Crippen LogP contribution in [0.3, 0.4) is 0 Å². The van der Waals surface area contributed by atoms with Crippen LogP contribution in [0.2, 0.25) is 0 Å². The van der Waals surface area contributed by atoms with Crippen LogP contribution in [0.25, 0.3) is 11.0 Å². The molecule has 108 valence electrons. The maximum Gasteiger partial charge on any atom is 0.316 e. The molecular weight excluding hydrogens is 280 g/mol. The molecule has 2 aromatic heterocycles. The number of H-pyrrole nitrogens is 1. The third kappa shape index (κ3) is 3.19. The minimum absolute atomic E-state index is 0.159. The average Bonchev–Trinajstić information content (AvgIpc) is 2.73. The summed E-state index contributed by atoms with van der Waals surface area (Å²) in [6, 6.07) is 0. The van der Waals surface area contributed by atoms with Crippen molar-refractivity contribution < 1.29 is 9.53 Å². The lowest BCUT2D eigenvalue weighted by atomic mass is 10.4. The molecule has 8 heteroatoms. The Balaban J connectivity index is 2.05. The predicted molar refractivity (Wildman–Crippen MR) is 75.7 cm³/mol. The number of hydrogen-bond donors (Lipinski definition) is 1. The van der Waals surface area contributed by atoms with Gasteiger partial charge < -0.3 is 4.74 Å². The van der Waals surface area contributed by atoms with Crippen molar-refractivity contribution in [2.75, 3.05) is 12.4 Å². The van der Waals surface area contributed by atoms with E-state index in [1.54, 1.807) is 7.05 Å². The Morgan fingerprint density at radius 2 is 2.30 bits per heavy atom. The van der Waals surface area contributed by atoms with Crippen molar-refractivity contribution in [3.05, 3.63) is 16.7 Å². The molecule has 0 aliphatic rings. The maximum absolute atomic E-state index is 11.7. The molecule has 2 heterocycles. The molecule has 2 aromatic rings. The van der Waals surface area contributed by atoms with E-state index in [0.29, 0.717) is 22.7 Å². The SMILES string of the molecule is CCCCOC(=O)CSc1ncnc2c(=O)n(C)[nH]c12. The zero-order chi connectivity index (χ0) is 14.5. The van der Waals surface area contributed by atoms with Gasteiger partial charge in [-0.05, 0) is 6.42 Å². The van der Waals surface area contributed by atoms with Gasteiger partial charge in [0.2, 0.25) is 0 Å². The number of nitrogens with zero attached hydrogens (tertiary/aromatic N) is 3. The minimum atomic E-state index is -0.284. The van der Waals surface area contributed by atoms with E-state index in [2.05, 4.69) is 15.1 Å². The topological polar surface area (TPSA) is 89.9 Å². The number of esters is 1. The molecule has 0 fully saturated rings. The Morgan fingerprint density at radius 1 is 1.50 bits per heavy atom. The monoisotopic (exact) mass is 296 g/mol. The Kier molecular flexibility index (Phi) is 4.78. The fraction of sp³-hybridized carbons (Fsp3) is 0.500. The fourth-order valence-corrected chi connectivity index (χ4v) is 2.36. The van der Waals surface area contributed by atoms with Gasteiger partial charge in [0.1, 0.15) is 16.9 Å². The molecule has 0 aliphatic carbocycles. The molecule has 20 heavy (non-hydrogen) atoms. The van der Waals surface area contributed by atoms with Gasteiger partial charge in [0, 0.05) is 7.05 Å². The number of aromatic nitrogens is 4. The highest BCUT2D eigenvalue weighted by molar-refractivity contribution is 8.00. The average molecular weight is 296 g/mol. The van der Waals surface area contributed by atoms with Crippen molar-refractivity contribution in [1.82, 2.24) is 19.7 Å². The molecule has 0 aliphatic heterocycles. The minimum Gasteiger partial charge on any atom is -0.465 e. The largest absolute Gasteiger partial charge is 0.465 e. The summed E-state index contributed by atoms with van der Waals surface area (Å²) < 4.78 is 6.40. The van der Waals surface area contributed by atoms with Crippen molar-refractivity contribution in [2.45, 2.75) is 24.8 Å². The highest BCUT2D eigenvalue weighted by Gasteiger charge is 2.13. The Morgan fingerprint density at radius 3 is 3.05 bits per heavy atom. The summed E-state index contributed by atoms with van der Waals surface area (Å²) in [5.74, 6) is -0.124. The molecule has 0 unspecified atom stereocenters. The lowest BCUT2D eigenvalue weighted by molar-refractivity contribution is -0.140. The number of unbranched alkanes of at least 4 members (excludes halogenated alkanes) is 1. The zero-order valence-electron chi connectivity index (χ0n) is 11.4. The lowest BCUT2D eigenvalue weighted by Gasteiger charge is -2.03. The summed E-state index contributed by atoms with van der Waals surface area (Å²) >= 11 is 1.23. The van der Waals surface area contributed by atoms with E-state index in [9.17, 15) is 9.59 Å². The smallest absolute Gasteiger partial charge is 0.316 e. The number of hydrogen-bond acceptors (Lipinski definition) is 6. The van der Waals surface area contributed by atoms with Crippen LogP contribution in [-0.2, 0) is 16.6 Å². The quantitative estimate of drug-likeness (QED) is 0.371. The molecule has 2 rings (SSSR count). The molecular formula is C12H16N4O3S. The van der Waals surface area contributed by atoms with Gasteiger partial charge in [0.15, 0.2) is 5.52 Å². The Labute approximate surface area is 119 Å². The number of nitrogens with one attached hydrogen (secondary N) is 1. The van der Waals surface area contributed by atoms with Gasteiger partial charge in [-0.15, -0.1) is 0 Å². The van der Waals surface area contributed by atoms with Gasteiger partial charge in [-0.1, -0.05) is 25.1 Å². The predicted octanol–water partition coefficient (Wildman–Crippen LogP) is 1.09. The van der Waals surface area contributed by atoms with Gasteiger partial charge in [0.05, 0.1) is 12.4 Å². The van der Waals surface area contributed by atoms with E-state index >= 15 is 0 Å². The molecule has 0 spiro atoms. The van der Waals surface area contributed by atoms with E-state index in [1.165, 1.54) is 22.8 Å². The molecule has 1 N–H and O–H groups in total. The molecule has 0 bridgehead atoms. The summed E-state index contributed by atoms with van der Waals surface area (Å²) in [4.78, 5) is 31.3. The van der Waals surface area contributed by atoms with E-state index in [-0.39, 0.29) is 17.3 Å². The standard InChI is InChI=1S/C12H16N4O3S/c1-3-4-5-19-8(17)6-20-11-9-10(13-7-14-11)12(18)16(2)15-9/h7,15H,3-6H2,1-2H3. The molecule has 0 radical (unpaired) electrons. The summed E-state index contributed by atoms with van der Waals surface area (Å²) in [7, 11) is 1.61. The lowest BCUT2D eigenvalue weighted by Crippen LogP contribution is -2.11. The van der Waals surface area contributed by atoms with Crippen LogP contribution in [0.4, 0.5) is 0 Å². The summed E-state index contributed by atoms with van der Waals surface area (Å²) in [6.07, 6.45) is 3.17. The van der Waals surface area contributed by atoms with Crippen molar-refractivity contribution in [2.24, 2.45) is 7.05 Å². The summed E-state index contributed by atoms with van der Waals surface area (Å²) in [5.41, 5.74) is 0.658. The van der Waals surface area contributed by atoms with E-state index in [0.717, 1.165) is 12.8 Å². The number of ether oxygens (including phenoxy) is 1. The first-order valence-corrected chi connectivity index (χ1v) is 7.30. The molecule has 0 amide bonds. The molecule has 7 nitrogen and oxygen atoms in total. The van der Waals surface area contributed by atoms with E-state index in [1.807, 2.05) is 6.92 Å². The number of aromatic amines is 1. The third-order valence-electron chi connectivity index (χ3n) is 2.69. The van der Waals surface area contributed by atoms with Crippen molar-refractivity contribution in [1.29, 1.82) is 0 Å². The number of fused-ring (bicyclic) bond motifs is 1. The zero-order valence-corrected chi connectivity index (χ0v) is 12.2. The number of aryl methyl sites for hydroxylation is 1. The second-order valence-corrected chi connectivity index (χ2v) is 5.21. The molecule has 0 atom stereocenters. The van der Waals surface area contributed by atoms with Gasteiger partial charge in [-0.25, -0.2) is 9.97 Å². The second kappa shape index (κ2) is 6.56. The first-order valence-electron chi connectivity index (χ1n) is 6.31. The number of rotatable bonds is 6. The first-order chi connectivity index (χ1) is 9.63. The normalized spacial score (nSPS) is 10.9. The van der Waals surface area contributed by atoms with Crippen molar-refractivity contribution >= 4 is 28.8 Å². The van der Waals surface area contributed by atoms with E-state index in [4.69, 9.17) is 4.74 Å². The van der Waals surface area contributed by atoms with Gasteiger partial charge in [-0.3, -0.25) is 19.4 Å². The summed E-state index contributed by atoms with van der Waals surface area (Å²) in [5, 5.41) is 3.45. The van der Waals surface area contributed by atoms with Crippen molar-refractivity contribution in [3.8, 4) is 0 Å². The Hall–Kier alpha value is -1.83. The highest BCUT2D eigenvalue weighted by Crippen LogP contribution is 2.21. The van der Waals surface area contributed by atoms with Crippen molar-refractivity contribution in [3.63, 3.8) is 0 Å². The second-order valence-electron chi connectivity index (χ2n) is 4.24. The number of carbonyl (C=O) groups is 1. The number of thioether (sulfide) groups is 1. The highest BCUT2D eigenvalue weighted by atomic mass is 32.2. The molecule has 0 aromatic carbocycles. The van der Waals surface area contributed by atoms with Crippen LogP contribution >= 0.6 is 11.8 Å². The molecule has 0 saturated heterocycles. The van der Waals surface area contributed by atoms with Crippen LogP contribution < -0.4 is 5.56 Å². The first kappa shape index (κ1) is 14.6. The van der Waals surface area contributed by atoms with E-state index < -0.39 is 0 Å². The van der Waals surface area contributed by atoms with Gasteiger partial charge in [0.25, 0.3) is 5.56 Å². The van der Waals surface area contributed by atoms with Crippen LogP contribution in [-0.4, -0.2) is 38.1 Å². The third-order valence-corrected chi connectivity index (χ3v) is 3.65. The van der Waals surface area contributed by atoms with Crippen LogP contribution in [0.15, 0.2) is 16.1 Å². The van der Waals surface area contributed by atoms with Gasteiger partial charge >= 0.3 is 5.97 Å². The molecule has 0 saturated carbocycles. The fourth-order valence-electron chi connectivity index (χ4n) is 1.62. The summed E-state index contributed by atoms with van der Waals surface area (Å²) in [6.45, 7) is 2.48. The van der Waals surface area contributed by atoms with Crippen LogP contribution in [0.5, 0.6) is 0 Å².